The predicted octanol–water partition coefficient (Wildman–Crippen LogP) is 4.00. The van der Waals surface area contributed by atoms with Crippen molar-refractivity contribution < 1.29 is 14.3 Å². The molecule has 0 saturated heterocycles. The lowest BCUT2D eigenvalue weighted by molar-refractivity contribution is -0.136. The second-order valence-electron chi connectivity index (χ2n) is 5.25. The average molecular weight is 327 g/mol. The number of hydrogen-bond acceptors (Lipinski definition) is 3. The van der Waals surface area contributed by atoms with Gasteiger partial charge in [0, 0.05) is 4.47 Å². The first-order valence-electron chi connectivity index (χ1n) is 6.25. The molecule has 0 fully saturated rings. The van der Waals surface area contributed by atoms with E-state index in [1.165, 1.54) is 6.92 Å². The Kier molecular flexibility index (Phi) is 5.29. The molecule has 1 unspecified atom stereocenters. The molecule has 0 radical (unpaired) electrons. The van der Waals surface area contributed by atoms with Crippen LogP contribution in [0.2, 0.25) is 0 Å². The summed E-state index contributed by atoms with van der Waals surface area (Å²) < 4.78 is 6.12. The number of esters is 1. The number of benzene rings is 1. The SMILES string of the molecule is CC(=O)C(C)(CC(C)C)OC(=O)c1ccccc1Br. The Morgan fingerprint density at radius 1 is 1.32 bits per heavy atom. The molecule has 1 atom stereocenters. The lowest BCUT2D eigenvalue weighted by Crippen LogP contribution is -2.40. The smallest absolute Gasteiger partial charge is 0.340 e. The molecule has 0 aliphatic rings. The standard InChI is InChI=1S/C15H19BrO3/c1-10(2)9-15(4,11(3)17)19-14(18)12-7-5-6-8-13(12)16/h5-8,10H,9H2,1-4H3. The van der Waals surface area contributed by atoms with Gasteiger partial charge in [0.15, 0.2) is 11.4 Å². The van der Waals surface area contributed by atoms with Gasteiger partial charge in [0.05, 0.1) is 5.56 Å². The maximum Gasteiger partial charge on any atom is 0.340 e. The van der Waals surface area contributed by atoms with E-state index in [4.69, 9.17) is 4.74 Å². The molecule has 1 aromatic carbocycles. The Bertz CT molecular complexity index is 482. The maximum absolute atomic E-state index is 12.2. The summed E-state index contributed by atoms with van der Waals surface area (Å²) in [5, 5.41) is 0. The Morgan fingerprint density at radius 3 is 2.37 bits per heavy atom. The highest BCUT2D eigenvalue weighted by atomic mass is 79.9. The molecule has 0 aromatic heterocycles. The summed E-state index contributed by atoms with van der Waals surface area (Å²) in [4.78, 5) is 23.9. The maximum atomic E-state index is 12.2. The fraction of sp³-hybridized carbons (Fsp3) is 0.467. The number of carbonyl (C=O) groups excluding carboxylic acids is 2. The number of ether oxygens (including phenoxy) is 1. The molecule has 0 aliphatic heterocycles. The van der Waals surface area contributed by atoms with Crippen molar-refractivity contribution in [3.05, 3.63) is 34.3 Å². The van der Waals surface area contributed by atoms with Gasteiger partial charge < -0.3 is 4.74 Å². The van der Waals surface area contributed by atoms with Crippen LogP contribution in [0.5, 0.6) is 0 Å². The summed E-state index contributed by atoms with van der Waals surface area (Å²) >= 11 is 3.31. The number of rotatable bonds is 5. The minimum atomic E-state index is -1.07. The molecule has 4 heteroatoms. The first kappa shape index (κ1) is 15.9. The number of halogens is 1. The molecule has 0 amide bonds. The topological polar surface area (TPSA) is 43.4 Å². The molecule has 0 heterocycles. The third-order valence-electron chi connectivity index (χ3n) is 2.95. The summed E-state index contributed by atoms with van der Waals surface area (Å²) in [6.07, 6.45) is 0.512. The molecule has 0 aliphatic carbocycles. The first-order valence-corrected chi connectivity index (χ1v) is 7.04. The van der Waals surface area contributed by atoms with Crippen molar-refractivity contribution in [3.8, 4) is 0 Å². The van der Waals surface area contributed by atoms with E-state index in [0.717, 1.165) is 0 Å². The number of hydrogen-bond donors (Lipinski definition) is 0. The zero-order valence-electron chi connectivity index (χ0n) is 11.7. The summed E-state index contributed by atoms with van der Waals surface area (Å²) in [5.74, 6) is -0.353. The van der Waals surface area contributed by atoms with E-state index in [1.54, 1.807) is 25.1 Å². The fourth-order valence-corrected chi connectivity index (χ4v) is 2.37. The summed E-state index contributed by atoms with van der Waals surface area (Å²) in [6.45, 7) is 7.11. The second-order valence-corrected chi connectivity index (χ2v) is 6.11. The van der Waals surface area contributed by atoms with Crippen molar-refractivity contribution in [3.63, 3.8) is 0 Å². The molecule has 19 heavy (non-hydrogen) atoms. The van der Waals surface area contributed by atoms with E-state index in [0.29, 0.717) is 16.5 Å². The van der Waals surface area contributed by atoms with Crippen LogP contribution >= 0.6 is 15.9 Å². The average Bonchev–Trinajstić information content (AvgIpc) is 2.27. The largest absolute Gasteiger partial charge is 0.448 e. The first-order chi connectivity index (χ1) is 8.76. The molecule has 1 rings (SSSR count). The van der Waals surface area contributed by atoms with Crippen LogP contribution in [0.15, 0.2) is 28.7 Å². The normalized spacial score (nSPS) is 14.0. The van der Waals surface area contributed by atoms with Crippen molar-refractivity contribution in [2.24, 2.45) is 5.92 Å². The van der Waals surface area contributed by atoms with E-state index in [-0.39, 0.29) is 11.7 Å². The van der Waals surface area contributed by atoms with Crippen molar-refractivity contribution in [1.29, 1.82) is 0 Å². The van der Waals surface area contributed by atoms with Crippen molar-refractivity contribution in [1.82, 2.24) is 0 Å². The van der Waals surface area contributed by atoms with E-state index in [9.17, 15) is 9.59 Å². The van der Waals surface area contributed by atoms with Gasteiger partial charge >= 0.3 is 5.97 Å². The minimum absolute atomic E-state index is 0.137. The van der Waals surface area contributed by atoms with Gasteiger partial charge in [0.2, 0.25) is 0 Å². The zero-order chi connectivity index (χ0) is 14.6. The highest BCUT2D eigenvalue weighted by molar-refractivity contribution is 9.10. The summed E-state index contributed by atoms with van der Waals surface area (Å²) in [5.41, 5.74) is -0.640. The third kappa shape index (κ3) is 4.16. The van der Waals surface area contributed by atoms with E-state index < -0.39 is 11.6 Å². The Balaban J connectivity index is 2.95. The minimum Gasteiger partial charge on any atom is -0.448 e. The van der Waals surface area contributed by atoms with E-state index >= 15 is 0 Å². The van der Waals surface area contributed by atoms with Gasteiger partial charge in [-0.1, -0.05) is 26.0 Å². The quantitative estimate of drug-likeness (QED) is 0.768. The van der Waals surface area contributed by atoms with Gasteiger partial charge in [0.25, 0.3) is 0 Å². The van der Waals surface area contributed by atoms with Crippen LogP contribution < -0.4 is 0 Å². The third-order valence-corrected chi connectivity index (χ3v) is 3.65. The van der Waals surface area contributed by atoms with Gasteiger partial charge in [-0.15, -0.1) is 0 Å². The molecule has 3 nitrogen and oxygen atoms in total. The number of Topliss-reactive ketones (excluding diaryl/α,β-unsaturated/α-hetero) is 1. The van der Waals surface area contributed by atoms with Crippen molar-refractivity contribution in [2.75, 3.05) is 0 Å². The number of carbonyl (C=O) groups is 2. The lowest BCUT2D eigenvalue weighted by Gasteiger charge is -2.28. The van der Waals surface area contributed by atoms with E-state index in [1.807, 2.05) is 19.9 Å². The highest BCUT2D eigenvalue weighted by Gasteiger charge is 2.35. The van der Waals surface area contributed by atoms with Crippen molar-refractivity contribution >= 4 is 27.7 Å². The van der Waals surface area contributed by atoms with Gasteiger partial charge in [-0.3, -0.25) is 4.79 Å². The summed E-state index contributed by atoms with van der Waals surface area (Å²) in [6, 6.07) is 7.01. The molecule has 104 valence electrons. The Morgan fingerprint density at radius 2 is 1.89 bits per heavy atom. The van der Waals surface area contributed by atoms with Crippen LogP contribution in [0, 0.1) is 5.92 Å². The van der Waals surface area contributed by atoms with Gasteiger partial charge in [-0.05, 0) is 54.2 Å². The summed E-state index contributed by atoms with van der Waals surface area (Å²) in [7, 11) is 0. The van der Waals surface area contributed by atoms with Gasteiger partial charge in [-0.2, -0.15) is 0 Å². The van der Waals surface area contributed by atoms with Crippen LogP contribution in [0.25, 0.3) is 0 Å². The zero-order valence-corrected chi connectivity index (χ0v) is 13.3. The van der Waals surface area contributed by atoms with Crippen LogP contribution in [0.3, 0.4) is 0 Å². The molecular weight excluding hydrogens is 308 g/mol. The molecular formula is C15H19BrO3. The van der Waals surface area contributed by atoms with Gasteiger partial charge in [-0.25, -0.2) is 4.79 Å². The molecule has 0 bridgehead atoms. The van der Waals surface area contributed by atoms with Crippen LogP contribution in [0.1, 0.15) is 44.5 Å². The monoisotopic (exact) mass is 326 g/mol. The van der Waals surface area contributed by atoms with E-state index in [2.05, 4.69) is 15.9 Å². The fourth-order valence-electron chi connectivity index (χ4n) is 1.92. The Labute approximate surface area is 122 Å². The van der Waals surface area contributed by atoms with Gasteiger partial charge in [0.1, 0.15) is 0 Å². The van der Waals surface area contributed by atoms with Crippen LogP contribution in [-0.2, 0) is 9.53 Å². The Hall–Kier alpha value is -1.16. The van der Waals surface area contributed by atoms with Crippen LogP contribution in [0.4, 0.5) is 0 Å². The highest BCUT2D eigenvalue weighted by Crippen LogP contribution is 2.25. The molecule has 0 saturated carbocycles. The number of ketones is 1. The van der Waals surface area contributed by atoms with Crippen molar-refractivity contribution in [2.45, 2.75) is 39.7 Å². The molecule has 1 aromatic rings. The lowest BCUT2D eigenvalue weighted by atomic mass is 9.90. The van der Waals surface area contributed by atoms with Crippen LogP contribution in [-0.4, -0.2) is 17.4 Å². The second kappa shape index (κ2) is 6.33. The molecule has 0 N–H and O–H groups in total. The molecule has 0 spiro atoms. The predicted molar refractivity (Wildman–Crippen MR) is 78.1 cm³/mol.